The van der Waals surface area contributed by atoms with E-state index in [1.807, 2.05) is 0 Å². The maximum Gasteiger partial charge on any atom is 0.373 e. The predicted octanol–water partition coefficient (Wildman–Crippen LogP) is 2.04. The Hall–Kier alpha value is -2.56. The number of benzene rings is 1. The molecule has 0 radical (unpaired) electrons. The SMILES string of the molecule is CC(=O)c1ccc(-c2cnc(C(=O)O)nc2)cc1. The minimum absolute atomic E-state index is 0.000903. The van der Waals surface area contributed by atoms with Gasteiger partial charge in [-0.25, -0.2) is 14.8 Å². The molecule has 0 unspecified atom stereocenters. The van der Waals surface area contributed by atoms with Crippen molar-refractivity contribution in [1.29, 1.82) is 0 Å². The van der Waals surface area contributed by atoms with Crippen LogP contribution in [0, 0.1) is 0 Å². The van der Waals surface area contributed by atoms with Crippen LogP contribution in [-0.4, -0.2) is 26.8 Å². The van der Waals surface area contributed by atoms with E-state index in [4.69, 9.17) is 5.11 Å². The number of aromatic carboxylic acids is 1. The van der Waals surface area contributed by atoms with Gasteiger partial charge in [-0.3, -0.25) is 4.79 Å². The Morgan fingerprint density at radius 1 is 1.00 bits per heavy atom. The molecule has 0 aliphatic carbocycles. The second kappa shape index (κ2) is 4.75. The first-order chi connectivity index (χ1) is 8.58. The zero-order chi connectivity index (χ0) is 13.1. The van der Waals surface area contributed by atoms with Crippen LogP contribution in [0.5, 0.6) is 0 Å². The van der Waals surface area contributed by atoms with Crippen LogP contribution in [-0.2, 0) is 0 Å². The number of carboxylic acids is 1. The molecule has 1 aromatic heterocycles. The topological polar surface area (TPSA) is 80.2 Å². The van der Waals surface area contributed by atoms with E-state index >= 15 is 0 Å². The van der Waals surface area contributed by atoms with Crippen LogP contribution >= 0.6 is 0 Å². The number of carbonyl (C=O) groups excluding carboxylic acids is 1. The molecule has 1 heterocycles. The van der Waals surface area contributed by atoms with Gasteiger partial charge < -0.3 is 5.11 Å². The number of carboxylic acid groups (broad SMARTS) is 1. The summed E-state index contributed by atoms with van der Waals surface area (Å²) < 4.78 is 0. The normalized spacial score (nSPS) is 10.1. The van der Waals surface area contributed by atoms with E-state index in [0.717, 1.165) is 5.56 Å². The van der Waals surface area contributed by atoms with Crippen LogP contribution in [0.3, 0.4) is 0 Å². The summed E-state index contributed by atoms with van der Waals surface area (Å²) in [4.78, 5) is 29.2. The van der Waals surface area contributed by atoms with Crippen LogP contribution < -0.4 is 0 Å². The molecule has 0 saturated heterocycles. The Kier molecular flexibility index (Phi) is 3.14. The molecule has 5 heteroatoms. The molecule has 1 N–H and O–H groups in total. The van der Waals surface area contributed by atoms with E-state index < -0.39 is 5.97 Å². The standard InChI is InChI=1S/C13H10N2O3/c1-8(16)9-2-4-10(5-3-9)11-6-14-12(13(17)18)15-7-11/h2-7H,1H3,(H,17,18). The number of rotatable bonds is 3. The van der Waals surface area contributed by atoms with Crippen molar-refractivity contribution in [1.82, 2.24) is 9.97 Å². The fourth-order valence-electron chi connectivity index (χ4n) is 1.48. The van der Waals surface area contributed by atoms with E-state index in [2.05, 4.69) is 9.97 Å². The second-order valence-corrected chi connectivity index (χ2v) is 3.73. The van der Waals surface area contributed by atoms with Crippen molar-refractivity contribution in [3.8, 4) is 11.1 Å². The van der Waals surface area contributed by atoms with E-state index in [-0.39, 0.29) is 11.6 Å². The number of aromatic nitrogens is 2. The summed E-state index contributed by atoms with van der Waals surface area (Å²) in [6.45, 7) is 1.50. The van der Waals surface area contributed by atoms with Crippen molar-refractivity contribution in [2.45, 2.75) is 6.92 Å². The van der Waals surface area contributed by atoms with E-state index in [1.165, 1.54) is 19.3 Å². The molecule has 0 spiro atoms. The first kappa shape index (κ1) is 11.9. The van der Waals surface area contributed by atoms with Gasteiger partial charge in [0, 0.05) is 23.5 Å². The fraction of sp³-hybridized carbons (Fsp3) is 0.0769. The molecule has 1 aromatic carbocycles. The number of hydrogen-bond acceptors (Lipinski definition) is 4. The van der Waals surface area contributed by atoms with Crippen LogP contribution in [0.2, 0.25) is 0 Å². The molecule has 0 saturated carbocycles. The van der Waals surface area contributed by atoms with Crippen molar-refractivity contribution >= 4 is 11.8 Å². The Balaban J connectivity index is 2.31. The monoisotopic (exact) mass is 242 g/mol. The Labute approximate surface area is 103 Å². The average Bonchev–Trinajstić information content (AvgIpc) is 2.39. The second-order valence-electron chi connectivity index (χ2n) is 3.73. The molecule has 2 rings (SSSR count). The largest absolute Gasteiger partial charge is 0.475 e. The molecular weight excluding hydrogens is 232 g/mol. The maximum atomic E-state index is 11.1. The lowest BCUT2D eigenvalue weighted by atomic mass is 10.1. The summed E-state index contributed by atoms with van der Waals surface area (Å²) in [5, 5.41) is 8.68. The first-order valence-corrected chi connectivity index (χ1v) is 5.24. The van der Waals surface area contributed by atoms with Crippen LogP contribution in [0.1, 0.15) is 27.9 Å². The molecule has 0 fully saturated rings. The van der Waals surface area contributed by atoms with Gasteiger partial charge in [0.05, 0.1) is 0 Å². The lowest BCUT2D eigenvalue weighted by molar-refractivity contribution is 0.0683. The van der Waals surface area contributed by atoms with Crippen LogP contribution in [0.15, 0.2) is 36.7 Å². The minimum Gasteiger partial charge on any atom is -0.475 e. The molecule has 0 atom stereocenters. The van der Waals surface area contributed by atoms with Gasteiger partial charge in [-0.05, 0) is 12.5 Å². The quantitative estimate of drug-likeness (QED) is 0.833. The third-order valence-corrected chi connectivity index (χ3v) is 2.47. The van der Waals surface area contributed by atoms with Gasteiger partial charge in [-0.2, -0.15) is 0 Å². The zero-order valence-electron chi connectivity index (χ0n) is 9.62. The molecule has 0 aliphatic heterocycles. The van der Waals surface area contributed by atoms with E-state index in [9.17, 15) is 9.59 Å². The highest BCUT2D eigenvalue weighted by atomic mass is 16.4. The van der Waals surface area contributed by atoms with Crippen molar-refractivity contribution in [2.24, 2.45) is 0 Å². The molecule has 0 aliphatic rings. The van der Waals surface area contributed by atoms with Gasteiger partial charge >= 0.3 is 5.97 Å². The molecule has 90 valence electrons. The van der Waals surface area contributed by atoms with Gasteiger partial charge in [-0.1, -0.05) is 24.3 Å². The number of Topliss-reactive ketones (excluding diaryl/α,β-unsaturated/α-hetero) is 1. The van der Waals surface area contributed by atoms with Crippen LogP contribution in [0.4, 0.5) is 0 Å². The number of carbonyl (C=O) groups is 2. The van der Waals surface area contributed by atoms with Crippen LogP contribution in [0.25, 0.3) is 11.1 Å². The lowest BCUT2D eigenvalue weighted by Crippen LogP contribution is -2.03. The van der Waals surface area contributed by atoms with Gasteiger partial charge in [0.15, 0.2) is 5.78 Å². The van der Waals surface area contributed by atoms with Crippen molar-refractivity contribution in [3.63, 3.8) is 0 Å². The Morgan fingerprint density at radius 3 is 2.00 bits per heavy atom. The number of hydrogen-bond donors (Lipinski definition) is 1. The molecule has 2 aromatic rings. The fourth-order valence-corrected chi connectivity index (χ4v) is 1.48. The summed E-state index contributed by atoms with van der Waals surface area (Å²) in [6, 6.07) is 6.97. The molecule has 0 amide bonds. The smallest absolute Gasteiger partial charge is 0.373 e. The van der Waals surface area contributed by atoms with Gasteiger partial charge in [0.25, 0.3) is 0 Å². The highest BCUT2D eigenvalue weighted by Crippen LogP contribution is 2.18. The summed E-state index contributed by atoms with van der Waals surface area (Å²) in [7, 11) is 0. The molecular formula is C13H10N2O3. The van der Waals surface area contributed by atoms with Gasteiger partial charge in [0.2, 0.25) is 5.82 Å². The average molecular weight is 242 g/mol. The molecule has 5 nitrogen and oxygen atoms in total. The summed E-state index contributed by atoms with van der Waals surface area (Å²) in [5.41, 5.74) is 2.16. The summed E-state index contributed by atoms with van der Waals surface area (Å²) in [5.74, 6) is -1.40. The summed E-state index contributed by atoms with van der Waals surface area (Å²) >= 11 is 0. The Bertz CT molecular complexity index is 533. The third-order valence-electron chi connectivity index (χ3n) is 2.47. The first-order valence-electron chi connectivity index (χ1n) is 5.24. The van der Waals surface area contributed by atoms with Crippen molar-refractivity contribution in [2.75, 3.05) is 0 Å². The van der Waals surface area contributed by atoms with E-state index in [0.29, 0.717) is 11.1 Å². The van der Waals surface area contributed by atoms with Gasteiger partial charge in [-0.15, -0.1) is 0 Å². The zero-order valence-corrected chi connectivity index (χ0v) is 9.62. The van der Waals surface area contributed by atoms with E-state index in [1.54, 1.807) is 24.3 Å². The minimum atomic E-state index is -1.16. The third kappa shape index (κ3) is 2.40. The van der Waals surface area contributed by atoms with Gasteiger partial charge in [0.1, 0.15) is 0 Å². The molecule has 0 bridgehead atoms. The molecule has 18 heavy (non-hydrogen) atoms. The number of ketones is 1. The highest BCUT2D eigenvalue weighted by Gasteiger charge is 2.07. The van der Waals surface area contributed by atoms with Crippen molar-refractivity contribution < 1.29 is 14.7 Å². The van der Waals surface area contributed by atoms with Crippen molar-refractivity contribution in [3.05, 3.63) is 48.0 Å². The lowest BCUT2D eigenvalue weighted by Gasteiger charge is -2.02. The summed E-state index contributed by atoms with van der Waals surface area (Å²) in [6.07, 6.45) is 2.89. The maximum absolute atomic E-state index is 11.1. The number of nitrogens with zero attached hydrogens (tertiary/aromatic N) is 2. The highest BCUT2D eigenvalue weighted by molar-refractivity contribution is 5.94. The predicted molar refractivity (Wildman–Crippen MR) is 64.4 cm³/mol. The Morgan fingerprint density at radius 2 is 1.56 bits per heavy atom.